The number of hydrogen-bond acceptors (Lipinski definition) is 6. The zero-order valence-corrected chi connectivity index (χ0v) is 19.6. The number of fused-ring (bicyclic) bond motifs is 1. The monoisotopic (exact) mass is 481 g/mol. The number of likely N-dealkylation sites (N-methyl/N-ethyl adjacent to an activating group) is 1. The second kappa shape index (κ2) is 9.52. The second-order valence-electron chi connectivity index (χ2n) is 8.64. The van der Waals surface area contributed by atoms with E-state index in [2.05, 4.69) is 14.6 Å². The van der Waals surface area contributed by atoms with Gasteiger partial charge in [0.25, 0.3) is 10.0 Å². The van der Waals surface area contributed by atoms with Crippen LogP contribution in [-0.4, -0.2) is 64.9 Å². The minimum absolute atomic E-state index is 0.0103. The second-order valence-corrected chi connectivity index (χ2v) is 10.3. The summed E-state index contributed by atoms with van der Waals surface area (Å²) < 4.78 is 66.4. The molecular formula is C23H29F2N3O4S. The molecule has 4 rings (SSSR count). The molecule has 1 aromatic heterocycles. The Hall–Kier alpha value is -2.30. The van der Waals surface area contributed by atoms with Crippen LogP contribution in [0.25, 0.3) is 0 Å². The fourth-order valence-electron chi connectivity index (χ4n) is 4.32. The molecule has 1 fully saturated rings. The van der Waals surface area contributed by atoms with Gasteiger partial charge in [-0.2, -0.15) is 0 Å². The molecule has 0 atom stereocenters. The number of benzene rings is 1. The van der Waals surface area contributed by atoms with E-state index in [1.807, 2.05) is 7.05 Å². The van der Waals surface area contributed by atoms with E-state index in [0.717, 1.165) is 37.2 Å². The Morgan fingerprint density at radius 1 is 1.21 bits per heavy atom. The third kappa shape index (κ3) is 5.12. The fraction of sp³-hybridized carbons (Fsp3) is 0.522. The Bertz CT molecular complexity index is 1090. The summed E-state index contributed by atoms with van der Waals surface area (Å²) in [4.78, 5) is 6.75. The molecule has 0 unspecified atom stereocenters. The molecule has 0 spiro atoms. The first kappa shape index (κ1) is 23.8. The Morgan fingerprint density at radius 2 is 1.91 bits per heavy atom. The van der Waals surface area contributed by atoms with E-state index in [4.69, 9.17) is 9.47 Å². The molecule has 0 bridgehead atoms. The number of hydrogen-bond donors (Lipinski definition) is 1. The molecule has 1 aromatic carbocycles. The maximum absolute atomic E-state index is 15.0. The number of nitrogens with zero attached hydrogens (tertiary/aromatic N) is 2. The highest BCUT2D eigenvalue weighted by atomic mass is 32.2. The van der Waals surface area contributed by atoms with Crippen LogP contribution in [0.2, 0.25) is 0 Å². The smallest absolute Gasteiger partial charge is 0.262 e. The lowest BCUT2D eigenvalue weighted by Crippen LogP contribution is -2.42. The van der Waals surface area contributed by atoms with Crippen LogP contribution in [0.4, 0.5) is 14.5 Å². The van der Waals surface area contributed by atoms with Crippen LogP contribution < -0.4 is 9.46 Å². The van der Waals surface area contributed by atoms with Gasteiger partial charge in [0.2, 0.25) is 5.88 Å². The summed E-state index contributed by atoms with van der Waals surface area (Å²) in [5.74, 6) is 0.218. The number of aromatic nitrogens is 1. The molecule has 180 valence electrons. The van der Waals surface area contributed by atoms with Gasteiger partial charge in [-0.1, -0.05) is 12.1 Å². The van der Waals surface area contributed by atoms with Crippen LogP contribution >= 0.6 is 0 Å². The van der Waals surface area contributed by atoms with Crippen molar-refractivity contribution < 1.29 is 26.7 Å². The average molecular weight is 482 g/mol. The Balaban J connectivity index is 1.50. The van der Waals surface area contributed by atoms with Crippen LogP contribution in [0.5, 0.6) is 5.88 Å². The first-order valence-electron chi connectivity index (χ1n) is 11.0. The zero-order chi connectivity index (χ0) is 23.6. The predicted octanol–water partition coefficient (Wildman–Crippen LogP) is 3.23. The number of alkyl halides is 2. The van der Waals surface area contributed by atoms with Crippen molar-refractivity contribution in [2.75, 3.05) is 45.3 Å². The molecule has 0 radical (unpaired) electrons. The maximum Gasteiger partial charge on any atom is 0.262 e. The number of rotatable bonds is 8. The maximum atomic E-state index is 15.0. The molecule has 1 N–H and O–H groups in total. The minimum atomic E-state index is -3.94. The van der Waals surface area contributed by atoms with Gasteiger partial charge in [0.05, 0.1) is 24.7 Å². The van der Waals surface area contributed by atoms with Crippen molar-refractivity contribution in [2.24, 2.45) is 0 Å². The fourth-order valence-corrected chi connectivity index (χ4v) is 5.37. The number of halogens is 2. The molecule has 2 aromatic rings. The van der Waals surface area contributed by atoms with Gasteiger partial charge >= 0.3 is 0 Å². The highest BCUT2D eigenvalue weighted by molar-refractivity contribution is 7.92. The summed E-state index contributed by atoms with van der Waals surface area (Å²) in [6.45, 7) is 1.09. The molecule has 2 heterocycles. The van der Waals surface area contributed by atoms with Crippen molar-refractivity contribution in [3.63, 3.8) is 0 Å². The first-order valence-corrected chi connectivity index (χ1v) is 12.5. The molecule has 0 saturated heterocycles. The highest BCUT2D eigenvalue weighted by Gasteiger charge is 2.47. The van der Waals surface area contributed by atoms with Gasteiger partial charge in [0, 0.05) is 38.0 Å². The standard InChI is InChI=1S/C23H29F2N3O4S/c1-28-10-7-16-13-21(22(31-2)26-20(16)8-11-28)27-33(29,30)19-5-3-17(4-6-19)23(25)14-18(15-23)32-12-9-24/h3-6,13,18,27H,7-12,14-15H2,1-2H3/t18-,23-. The molecule has 7 nitrogen and oxygen atoms in total. The van der Waals surface area contributed by atoms with Crippen molar-refractivity contribution in [3.8, 4) is 5.88 Å². The van der Waals surface area contributed by atoms with E-state index >= 15 is 4.39 Å². The van der Waals surface area contributed by atoms with Crippen molar-refractivity contribution in [3.05, 3.63) is 47.2 Å². The molecule has 1 aliphatic heterocycles. The SMILES string of the molecule is COc1nc2c(cc1NS(=O)(=O)c1ccc([C@]3(F)C[C@H](OCCF)C3)cc1)CCN(C)CC2. The Kier molecular flexibility index (Phi) is 6.88. The van der Waals surface area contributed by atoms with Crippen LogP contribution in [0.1, 0.15) is 29.7 Å². The van der Waals surface area contributed by atoms with Crippen LogP contribution in [0.3, 0.4) is 0 Å². The average Bonchev–Trinajstić information content (AvgIpc) is 2.96. The summed E-state index contributed by atoms with van der Waals surface area (Å²) >= 11 is 0. The van der Waals surface area contributed by atoms with E-state index in [9.17, 15) is 12.8 Å². The third-order valence-electron chi connectivity index (χ3n) is 6.30. The minimum Gasteiger partial charge on any atom is -0.479 e. The lowest BCUT2D eigenvalue weighted by atomic mass is 9.74. The predicted molar refractivity (Wildman–Crippen MR) is 121 cm³/mol. The lowest BCUT2D eigenvalue weighted by molar-refractivity contribution is -0.102. The number of anilines is 1. The van der Waals surface area contributed by atoms with Gasteiger partial charge in [-0.3, -0.25) is 4.72 Å². The molecule has 1 aliphatic carbocycles. The number of nitrogens with one attached hydrogen (secondary N) is 1. The van der Waals surface area contributed by atoms with Crippen LogP contribution in [0, 0.1) is 0 Å². The van der Waals surface area contributed by atoms with Crippen molar-refractivity contribution in [1.29, 1.82) is 0 Å². The summed E-state index contributed by atoms with van der Waals surface area (Å²) in [6, 6.07) is 7.50. The van der Waals surface area contributed by atoms with Crippen LogP contribution in [-0.2, 0) is 33.3 Å². The molecular weight excluding hydrogens is 452 g/mol. The molecule has 33 heavy (non-hydrogen) atoms. The number of methoxy groups -OCH3 is 1. The topological polar surface area (TPSA) is 80.8 Å². The van der Waals surface area contributed by atoms with Gasteiger partial charge in [-0.05, 0) is 42.8 Å². The number of pyridine rings is 1. The molecule has 2 aliphatic rings. The van der Waals surface area contributed by atoms with Gasteiger partial charge in [-0.25, -0.2) is 22.2 Å². The largest absolute Gasteiger partial charge is 0.479 e. The van der Waals surface area contributed by atoms with E-state index < -0.39 is 22.4 Å². The van der Waals surface area contributed by atoms with E-state index in [1.54, 1.807) is 6.07 Å². The van der Waals surface area contributed by atoms with Gasteiger partial charge < -0.3 is 14.4 Å². The van der Waals surface area contributed by atoms with Crippen molar-refractivity contribution >= 4 is 15.7 Å². The number of ether oxygens (including phenoxy) is 2. The van der Waals surface area contributed by atoms with Crippen molar-refractivity contribution in [1.82, 2.24) is 9.88 Å². The quantitative estimate of drug-likeness (QED) is 0.624. The number of sulfonamides is 1. The Labute approximate surface area is 193 Å². The molecule has 1 saturated carbocycles. The third-order valence-corrected chi connectivity index (χ3v) is 7.68. The van der Waals surface area contributed by atoms with Crippen molar-refractivity contribution in [2.45, 2.75) is 42.4 Å². The summed E-state index contributed by atoms with van der Waals surface area (Å²) in [5, 5.41) is 0. The Morgan fingerprint density at radius 3 is 2.58 bits per heavy atom. The molecule has 10 heteroatoms. The summed E-state index contributed by atoms with van der Waals surface area (Å²) in [6.07, 6.45) is 1.47. The lowest BCUT2D eigenvalue weighted by Gasteiger charge is -2.41. The molecule has 0 amide bonds. The normalized spacial score (nSPS) is 23.3. The van der Waals surface area contributed by atoms with Gasteiger partial charge in [0.15, 0.2) is 0 Å². The first-order chi connectivity index (χ1) is 15.7. The van der Waals surface area contributed by atoms with Gasteiger partial charge in [-0.15, -0.1) is 0 Å². The van der Waals surface area contributed by atoms with E-state index in [1.165, 1.54) is 31.4 Å². The highest BCUT2D eigenvalue weighted by Crippen LogP contribution is 2.46. The van der Waals surface area contributed by atoms with E-state index in [0.29, 0.717) is 5.56 Å². The summed E-state index contributed by atoms with van der Waals surface area (Å²) in [7, 11) is -0.442. The van der Waals surface area contributed by atoms with Gasteiger partial charge in [0.1, 0.15) is 18.0 Å². The van der Waals surface area contributed by atoms with Crippen LogP contribution in [0.15, 0.2) is 35.2 Å². The van der Waals surface area contributed by atoms with E-state index in [-0.39, 0.29) is 42.0 Å². The summed E-state index contributed by atoms with van der Waals surface area (Å²) in [5.41, 5.74) is 0.968. The zero-order valence-electron chi connectivity index (χ0n) is 18.8.